The van der Waals surface area contributed by atoms with Crippen LogP contribution in [0.25, 0.3) is 0 Å². The van der Waals surface area contributed by atoms with Crippen molar-refractivity contribution in [1.82, 2.24) is 0 Å². The van der Waals surface area contributed by atoms with Crippen LogP contribution in [0.4, 0.5) is 0 Å². The zero-order valence-corrected chi connectivity index (χ0v) is 14.6. The maximum atomic E-state index is 11.8. The smallest absolute Gasteiger partial charge is 0.338 e. The molecule has 0 aromatic heterocycles. The fourth-order valence-corrected chi connectivity index (χ4v) is 2.23. The third-order valence-electron chi connectivity index (χ3n) is 3.50. The molecule has 0 aliphatic rings. The van der Waals surface area contributed by atoms with Crippen LogP contribution in [0.3, 0.4) is 0 Å². The normalized spacial score (nSPS) is 9.96. The Morgan fingerprint density at radius 1 is 0.731 bits per heavy atom. The van der Waals surface area contributed by atoms with Gasteiger partial charge in [0.25, 0.3) is 0 Å². The Morgan fingerprint density at radius 2 is 1.27 bits per heavy atom. The lowest BCUT2D eigenvalue weighted by atomic mass is 10.1. The van der Waals surface area contributed by atoms with Gasteiger partial charge in [0.2, 0.25) is 0 Å². The molecule has 2 rings (SSSR count). The average Bonchev–Trinajstić information content (AvgIpc) is 2.70. The van der Waals surface area contributed by atoms with Gasteiger partial charge in [0.1, 0.15) is 12.4 Å². The van der Waals surface area contributed by atoms with Gasteiger partial charge in [0.05, 0.1) is 38.0 Å². The third-order valence-corrected chi connectivity index (χ3v) is 3.50. The second-order valence-corrected chi connectivity index (χ2v) is 5.21. The Balaban J connectivity index is 2.24. The van der Waals surface area contributed by atoms with Crippen molar-refractivity contribution >= 4 is 17.9 Å². The summed E-state index contributed by atoms with van der Waals surface area (Å²) in [7, 11) is 3.79. The van der Waals surface area contributed by atoms with E-state index in [0.717, 1.165) is 5.56 Å². The zero-order valence-electron chi connectivity index (χ0n) is 14.6. The van der Waals surface area contributed by atoms with Crippen molar-refractivity contribution in [2.45, 2.75) is 6.61 Å². The van der Waals surface area contributed by atoms with Crippen molar-refractivity contribution in [3.05, 3.63) is 64.7 Å². The van der Waals surface area contributed by atoms with Crippen molar-refractivity contribution < 1.29 is 33.3 Å². The van der Waals surface area contributed by atoms with E-state index in [-0.39, 0.29) is 23.5 Å². The van der Waals surface area contributed by atoms with Gasteiger partial charge >= 0.3 is 17.9 Å². The number of carbonyl (C=O) groups excluding carboxylic acids is 3. The summed E-state index contributed by atoms with van der Waals surface area (Å²) in [6.45, 7) is 0.121. The zero-order chi connectivity index (χ0) is 19.1. The Bertz CT molecular complexity index is 792. The molecule has 0 fully saturated rings. The van der Waals surface area contributed by atoms with Crippen LogP contribution < -0.4 is 4.74 Å². The first-order valence-electron chi connectivity index (χ1n) is 7.60. The molecule has 136 valence electrons. The summed E-state index contributed by atoms with van der Waals surface area (Å²) >= 11 is 0. The molecule has 7 nitrogen and oxygen atoms in total. The summed E-state index contributed by atoms with van der Waals surface area (Å²) in [4.78, 5) is 35.1. The number of carbonyl (C=O) groups is 3. The first-order chi connectivity index (χ1) is 12.5. The molecule has 2 aromatic rings. The van der Waals surface area contributed by atoms with E-state index >= 15 is 0 Å². The van der Waals surface area contributed by atoms with Crippen LogP contribution in [-0.4, -0.2) is 39.2 Å². The second-order valence-electron chi connectivity index (χ2n) is 5.21. The maximum Gasteiger partial charge on any atom is 0.338 e. The fourth-order valence-electron chi connectivity index (χ4n) is 2.23. The number of rotatable bonds is 6. The van der Waals surface area contributed by atoms with E-state index in [1.807, 2.05) is 0 Å². The van der Waals surface area contributed by atoms with Gasteiger partial charge in [0.15, 0.2) is 0 Å². The molecule has 0 aliphatic carbocycles. The average molecular weight is 358 g/mol. The van der Waals surface area contributed by atoms with Gasteiger partial charge in [-0.3, -0.25) is 0 Å². The summed E-state index contributed by atoms with van der Waals surface area (Å²) in [5, 5.41) is 0. The lowest BCUT2D eigenvalue weighted by Crippen LogP contribution is -2.08. The highest BCUT2D eigenvalue weighted by molar-refractivity contribution is 5.96. The summed E-state index contributed by atoms with van der Waals surface area (Å²) < 4.78 is 19.7. The van der Waals surface area contributed by atoms with Crippen LogP contribution in [0, 0.1) is 0 Å². The predicted octanol–water partition coefficient (Wildman–Crippen LogP) is 2.63. The Hall–Kier alpha value is -3.35. The SMILES string of the molecule is COC(=O)c1cccc(COc2cc(C(=O)OC)cc(C(=O)OC)c2)c1. The molecule has 0 spiro atoms. The molecule has 2 aromatic carbocycles. The van der Waals surface area contributed by atoms with Crippen molar-refractivity contribution in [3.63, 3.8) is 0 Å². The first-order valence-corrected chi connectivity index (χ1v) is 7.60. The van der Waals surface area contributed by atoms with Crippen LogP contribution >= 0.6 is 0 Å². The number of hydrogen-bond donors (Lipinski definition) is 0. The molecule has 0 heterocycles. The van der Waals surface area contributed by atoms with Crippen LogP contribution in [0.5, 0.6) is 5.75 Å². The van der Waals surface area contributed by atoms with Crippen molar-refractivity contribution in [2.24, 2.45) is 0 Å². The highest BCUT2D eigenvalue weighted by atomic mass is 16.5. The standard InChI is InChI=1S/C19H18O7/c1-23-17(20)13-6-4-5-12(7-13)11-26-16-9-14(18(21)24-2)8-15(10-16)19(22)25-3/h4-10H,11H2,1-3H3. The summed E-state index contributed by atoms with van der Waals surface area (Å²) in [6.07, 6.45) is 0. The second kappa shape index (κ2) is 8.66. The van der Waals surface area contributed by atoms with Crippen LogP contribution in [-0.2, 0) is 20.8 Å². The van der Waals surface area contributed by atoms with E-state index in [1.165, 1.54) is 39.5 Å². The van der Waals surface area contributed by atoms with Crippen LogP contribution in [0.1, 0.15) is 36.6 Å². The lowest BCUT2D eigenvalue weighted by molar-refractivity contribution is 0.0586. The molecular weight excluding hydrogens is 340 g/mol. The highest BCUT2D eigenvalue weighted by Gasteiger charge is 2.15. The third kappa shape index (κ3) is 4.60. The molecule has 0 amide bonds. The van der Waals surface area contributed by atoms with E-state index in [2.05, 4.69) is 14.2 Å². The van der Waals surface area contributed by atoms with Crippen molar-refractivity contribution in [1.29, 1.82) is 0 Å². The quantitative estimate of drug-likeness (QED) is 0.579. The van der Waals surface area contributed by atoms with E-state index in [9.17, 15) is 14.4 Å². The number of benzene rings is 2. The molecule has 0 aliphatic heterocycles. The Kier molecular flexibility index (Phi) is 6.32. The van der Waals surface area contributed by atoms with E-state index < -0.39 is 17.9 Å². The molecule has 26 heavy (non-hydrogen) atoms. The summed E-state index contributed by atoms with van der Waals surface area (Å²) in [5.74, 6) is -1.37. The first kappa shape index (κ1) is 19.0. The van der Waals surface area contributed by atoms with Crippen molar-refractivity contribution in [2.75, 3.05) is 21.3 Å². The van der Waals surface area contributed by atoms with E-state index in [1.54, 1.807) is 24.3 Å². The Morgan fingerprint density at radius 3 is 1.81 bits per heavy atom. The minimum atomic E-state index is -0.603. The molecule has 0 N–H and O–H groups in total. The van der Waals surface area contributed by atoms with Crippen molar-refractivity contribution in [3.8, 4) is 5.75 Å². The van der Waals surface area contributed by atoms with Gasteiger partial charge in [-0.15, -0.1) is 0 Å². The molecule has 0 atom stereocenters. The molecule has 0 radical (unpaired) electrons. The molecular formula is C19H18O7. The number of methoxy groups -OCH3 is 3. The van der Waals surface area contributed by atoms with Gasteiger partial charge < -0.3 is 18.9 Å². The fraction of sp³-hybridized carbons (Fsp3) is 0.211. The predicted molar refractivity (Wildman–Crippen MR) is 91.2 cm³/mol. The molecule has 7 heteroatoms. The van der Waals surface area contributed by atoms with E-state index in [4.69, 9.17) is 4.74 Å². The Labute approximate surface area is 150 Å². The number of ether oxygens (including phenoxy) is 4. The maximum absolute atomic E-state index is 11.8. The van der Waals surface area contributed by atoms with Gasteiger partial charge in [0, 0.05) is 0 Å². The summed E-state index contributed by atoms with van der Waals surface area (Å²) in [5.41, 5.74) is 1.44. The molecule has 0 saturated carbocycles. The van der Waals surface area contributed by atoms with Gasteiger partial charge in [-0.25, -0.2) is 14.4 Å². The number of hydrogen-bond acceptors (Lipinski definition) is 7. The molecule has 0 saturated heterocycles. The lowest BCUT2D eigenvalue weighted by Gasteiger charge is -2.10. The molecule has 0 bridgehead atoms. The monoisotopic (exact) mass is 358 g/mol. The summed E-state index contributed by atoms with van der Waals surface area (Å²) in [6, 6.07) is 11.0. The van der Waals surface area contributed by atoms with Gasteiger partial charge in [-0.1, -0.05) is 12.1 Å². The van der Waals surface area contributed by atoms with Gasteiger partial charge in [-0.05, 0) is 35.9 Å². The minimum absolute atomic E-state index is 0.121. The van der Waals surface area contributed by atoms with Gasteiger partial charge in [-0.2, -0.15) is 0 Å². The highest BCUT2D eigenvalue weighted by Crippen LogP contribution is 2.20. The molecule has 0 unspecified atom stereocenters. The van der Waals surface area contributed by atoms with Crippen LogP contribution in [0.2, 0.25) is 0 Å². The topological polar surface area (TPSA) is 88.1 Å². The minimum Gasteiger partial charge on any atom is -0.489 e. The van der Waals surface area contributed by atoms with E-state index in [0.29, 0.717) is 5.56 Å². The van der Waals surface area contributed by atoms with Crippen LogP contribution in [0.15, 0.2) is 42.5 Å². The number of esters is 3. The largest absolute Gasteiger partial charge is 0.489 e.